The van der Waals surface area contributed by atoms with E-state index >= 15 is 0 Å². The number of hydrogen-bond acceptors (Lipinski definition) is 4. The van der Waals surface area contributed by atoms with Gasteiger partial charge in [0.2, 0.25) is 0 Å². The predicted octanol–water partition coefficient (Wildman–Crippen LogP) is 1.16. The summed E-state index contributed by atoms with van der Waals surface area (Å²) in [6.07, 6.45) is 3.29. The molecule has 0 radical (unpaired) electrons. The lowest BCUT2D eigenvalue weighted by atomic mass is 10.0. The maximum absolute atomic E-state index is 8.70. The van der Waals surface area contributed by atoms with Crippen molar-refractivity contribution in [2.45, 2.75) is 12.5 Å². The fraction of sp³-hybridized carbons (Fsp3) is 0.222. The molecule has 0 bridgehead atoms. The van der Waals surface area contributed by atoms with Gasteiger partial charge in [0.1, 0.15) is 29.9 Å². The molecule has 0 amide bonds. The molecule has 4 heteroatoms. The van der Waals surface area contributed by atoms with Gasteiger partial charge in [0.05, 0.1) is 11.8 Å². The molecule has 1 heterocycles. The summed E-state index contributed by atoms with van der Waals surface area (Å²) in [6.45, 7) is 0. The third kappa shape index (κ3) is 1.67. The summed E-state index contributed by atoms with van der Waals surface area (Å²) in [7, 11) is 0. The zero-order valence-corrected chi connectivity index (χ0v) is 6.69. The van der Waals surface area contributed by atoms with Gasteiger partial charge in [-0.2, -0.15) is 15.8 Å². The molecule has 0 saturated heterocycles. The number of allylic oxidation sites excluding steroid dienone is 1. The lowest BCUT2D eigenvalue weighted by Crippen LogP contribution is -2.09. The maximum Gasteiger partial charge on any atom is 0.147 e. The van der Waals surface area contributed by atoms with E-state index in [0.29, 0.717) is 6.42 Å². The van der Waals surface area contributed by atoms with Crippen molar-refractivity contribution < 1.29 is 4.74 Å². The standard InChI is InChI=1S/C9H5N3O/c10-4-7(5-11)8(6-12)9-2-1-3-13-9/h1,3,9H,2H2. The van der Waals surface area contributed by atoms with Gasteiger partial charge in [0, 0.05) is 6.42 Å². The van der Waals surface area contributed by atoms with Gasteiger partial charge >= 0.3 is 0 Å². The highest BCUT2D eigenvalue weighted by Crippen LogP contribution is 2.19. The Labute approximate surface area is 75.6 Å². The predicted molar refractivity (Wildman–Crippen MR) is 42.5 cm³/mol. The fourth-order valence-electron chi connectivity index (χ4n) is 1.01. The molecule has 1 unspecified atom stereocenters. The minimum atomic E-state index is -0.459. The molecule has 1 rings (SSSR count). The van der Waals surface area contributed by atoms with Gasteiger partial charge in [-0.25, -0.2) is 0 Å². The zero-order chi connectivity index (χ0) is 9.68. The first kappa shape index (κ1) is 8.84. The Morgan fingerprint density at radius 3 is 2.31 bits per heavy atom. The highest BCUT2D eigenvalue weighted by Gasteiger charge is 2.20. The molecule has 4 nitrogen and oxygen atoms in total. The molecule has 13 heavy (non-hydrogen) atoms. The monoisotopic (exact) mass is 171 g/mol. The van der Waals surface area contributed by atoms with E-state index in [9.17, 15) is 0 Å². The number of nitrogens with zero attached hydrogens (tertiary/aromatic N) is 3. The highest BCUT2D eigenvalue weighted by atomic mass is 16.5. The van der Waals surface area contributed by atoms with E-state index in [1.807, 2.05) is 6.07 Å². The van der Waals surface area contributed by atoms with E-state index in [4.69, 9.17) is 20.5 Å². The molecular formula is C9H5N3O. The van der Waals surface area contributed by atoms with Crippen molar-refractivity contribution in [1.82, 2.24) is 0 Å². The van der Waals surface area contributed by atoms with E-state index in [2.05, 4.69) is 0 Å². The Balaban J connectivity index is 3.00. The molecule has 0 aromatic rings. The lowest BCUT2D eigenvalue weighted by molar-refractivity contribution is 0.207. The molecule has 1 aliphatic rings. The zero-order valence-electron chi connectivity index (χ0n) is 6.69. The SMILES string of the molecule is N#CC(C#N)=C(C#N)C1CC=CO1. The summed E-state index contributed by atoms with van der Waals surface area (Å²) in [4.78, 5) is 0. The summed E-state index contributed by atoms with van der Waals surface area (Å²) >= 11 is 0. The van der Waals surface area contributed by atoms with Crippen molar-refractivity contribution in [2.75, 3.05) is 0 Å². The molecule has 62 valence electrons. The van der Waals surface area contributed by atoms with Crippen LogP contribution in [-0.4, -0.2) is 6.10 Å². The molecular weight excluding hydrogens is 166 g/mol. The van der Waals surface area contributed by atoms with Crippen LogP contribution in [0.4, 0.5) is 0 Å². The van der Waals surface area contributed by atoms with Gasteiger partial charge in [-0.15, -0.1) is 0 Å². The van der Waals surface area contributed by atoms with Crippen LogP contribution in [0.5, 0.6) is 0 Å². The van der Waals surface area contributed by atoms with Crippen molar-refractivity contribution in [3.05, 3.63) is 23.5 Å². The van der Waals surface area contributed by atoms with Crippen molar-refractivity contribution >= 4 is 0 Å². The van der Waals surface area contributed by atoms with Gasteiger partial charge in [0.15, 0.2) is 0 Å². The number of hydrogen-bond donors (Lipinski definition) is 0. The van der Waals surface area contributed by atoms with E-state index in [1.165, 1.54) is 6.26 Å². The quantitative estimate of drug-likeness (QED) is 0.554. The maximum atomic E-state index is 8.70. The Morgan fingerprint density at radius 1 is 1.23 bits per heavy atom. The fourth-order valence-corrected chi connectivity index (χ4v) is 1.01. The van der Waals surface area contributed by atoms with Gasteiger partial charge in [-0.1, -0.05) is 0 Å². The summed E-state index contributed by atoms with van der Waals surface area (Å²) < 4.78 is 5.03. The third-order valence-corrected chi connectivity index (χ3v) is 1.62. The number of rotatable bonds is 1. The second-order valence-corrected chi connectivity index (χ2v) is 2.36. The van der Waals surface area contributed by atoms with Gasteiger partial charge < -0.3 is 4.74 Å². The van der Waals surface area contributed by atoms with Gasteiger partial charge in [0.25, 0.3) is 0 Å². The smallest absolute Gasteiger partial charge is 0.147 e. The summed E-state index contributed by atoms with van der Waals surface area (Å²) in [6, 6.07) is 5.15. The Bertz CT molecular complexity index is 363. The van der Waals surface area contributed by atoms with Gasteiger partial charge in [-0.05, 0) is 6.08 Å². The first-order valence-corrected chi connectivity index (χ1v) is 3.58. The average Bonchev–Trinajstić information content (AvgIpc) is 2.66. The normalized spacial score (nSPS) is 17.8. The lowest BCUT2D eigenvalue weighted by Gasteiger charge is -2.07. The van der Waals surface area contributed by atoms with E-state index in [1.54, 1.807) is 18.2 Å². The van der Waals surface area contributed by atoms with Crippen LogP contribution in [0.25, 0.3) is 0 Å². The first-order chi connectivity index (χ1) is 6.33. The van der Waals surface area contributed by atoms with Crippen molar-refractivity contribution in [1.29, 1.82) is 15.8 Å². The average molecular weight is 171 g/mol. The largest absolute Gasteiger partial charge is 0.493 e. The molecule has 0 aliphatic carbocycles. The Hall–Kier alpha value is -2.25. The first-order valence-electron chi connectivity index (χ1n) is 3.58. The molecule has 0 fully saturated rings. The Morgan fingerprint density at radius 2 is 1.92 bits per heavy atom. The topological polar surface area (TPSA) is 80.6 Å². The van der Waals surface area contributed by atoms with Crippen LogP contribution >= 0.6 is 0 Å². The van der Waals surface area contributed by atoms with Crippen LogP contribution in [0.15, 0.2) is 23.5 Å². The van der Waals surface area contributed by atoms with E-state index in [-0.39, 0.29) is 11.1 Å². The minimum absolute atomic E-state index is 0.106. The molecule has 0 aromatic heterocycles. The van der Waals surface area contributed by atoms with Crippen molar-refractivity contribution in [3.8, 4) is 18.2 Å². The van der Waals surface area contributed by atoms with Crippen LogP contribution < -0.4 is 0 Å². The summed E-state index contributed by atoms with van der Waals surface area (Å²) in [5, 5.41) is 25.8. The molecule has 0 N–H and O–H groups in total. The Kier molecular flexibility index (Phi) is 2.69. The molecule has 0 saturated carbocycles. The molecule has 0 aromatic carbocycles. The van der Waals surface area contributed by atoms with E-state index in [0.717, 1.165) is 0 Å². The number of nitriles is 3. The summed E-state index contributed by atoms with van der Waals surface area (Å²) in [5.41, 5.74) is -0.0637. The van der Waals surface area contributed by atoms with Crippen LogP contribution in [0.1, 0.15) is 6.42 Å². The van der Waals surface area contributed by atoms with Crippen LogP contribution in [-0.2, 0) is 4.74 Å². The minimum Gasteiger partial charge on any atom is -0.493 e. The van der Waals surface area contributed by atoms with Crippen LogP contribution in [0, 0.1) is 34.0 Å². The van der Waals surface area contributed by atoms with Gasteiger partial charge in [-0.3, -0.25) is 0 Å². The van der Waals surface area contributed by atoms with Crippen molar-refractivity contribution in [2.24, 2.45) is 0 Å². The van der Waals surface area contributed by atoms with Crippen LogP contribution in [0.2, 0.25) is 0 Å². The highest BCUT2D eigenvalue weighted by molar-refractivity contribution is 5.48. The third-order valence-electron chi connectivity index (χ3n) is 1.62. The van der Waals surface area contributed by atoms with E-state index < -0.39 is 6.10 Å². The summed E-state index contributed by atoms with van der Waals surface area (Å²) in [5.74, 6) is 0. The molecule has 1 atom stereocenters. The van der Waals surface area contributed by atoms with Crippen LogP contribution in [0.3, 0.4) is 0 Å². The number of ether oxygens (including phenoxy) is 1. The second-order valence-electron chi connectivity index (χ2n) is 2.36. The molecule has 1 aliphatic heterocycles. The van der Waals surface area contributed by atoms with Crippen molar-refractivity contribution in [3.63, 3.8) is 0 Å². The second kappa shape index (κ2) is 3.95. The molecule has 0 spiro atoms.